The molecule has 0 saturated carbocycles. The summed E-state index contributed by atoms with van der Waals surface area (Å²) in [6.07, 6.45) is 2.09. The van der Waals surface area contributed by atoms with Crippen molar-refractivity contribution in [1.82, 2.24) is 14.0 Å². The predicted molar refractivity (Wildman–Crippen MR) is 104 cm³/mol. The first-order valence-corrected chi connectivity index (χ1v) is 8.79. The van der Waals surface area contributed by atoms with Gasteiger partial charge in [0.15, 0.2) is 0 Å². The molecule has 3 nitrogen and oxygen atoms in total. The highest BCUT2D eigenvalue weighted by Crippen LogP contribution is 2.38. The summed E-state index contributed by atoms with van der Waals surface area (Å²) in [6.45, 7) is 6.74. The maximum atomic E-state index is 4.87. The molecule has 0 fully saturated rings. The largest absolute Gasteiger partial charge is 0.319 e. The SMILES string of the molecule is CC(C)(C)n1c(-c2ccccc2)c(I)c2nc3ccccn3c21. The first-order chi connectivity index (χ1) is 11.0. The minimum atomic E-state index is -0.0430. The maximum absolute atomic E-state index is 4.87. The fourth-order valence-electron chi connectivity index (χ4n) is 3.16. The molecule has 0 spiro atoms. The third-order valence-electron chi connectivity index (χ3n) is 4.07. The molecule has 0 amide bonds. The van der Waals surface area contributed by atoms with Crippen LogP contribution in [-0.4, -0.2) is 14.0 Å². The molecule has 116 valence electrons. The van der Waals surface area contributed by atoms with Crippen molar-refractivity contribution >= 4 is 39.4 Å². The number of hydrogen-bond acceptors (Lipinski definition) is 1. The molecule has 0 unspecified atom stereocenters. The Morgan fingerprint density at radius 2 is 1.65 bits per heavy atom. The van der Waals surface area contributed by atoms with E-state index in [0.717, 1.165) is 16.8 Å². The van der Waals surface area contributed by atoms with Crippen molar-refractivity contribution in [2.75, 3.05) is 0 Å². The van der Waals surface area contributed by atoms with Crippen molar-refractivity contribution in [1.29, 1.82) is 0 Å². The van der Waals surface area contributed by atoms with Crippen molar-refractivity contribution in [2.24, 2.45) is 0 Å². The monoisotopic (exact) mass is 415 g/mol. The lowest BCUT2D eigenvalue weighted by Gasteiger charge is -2.26. The van der Waals surface area contributed by atoms with Crippen LogP contribution in [0.5, 0.6) is 0 Å². The van der Waals surface area contributed by atoms with Crippen molar-refractivity contribution in [3.8, 4) is 11.3 Å². The van der Waals surface area contributed by atoms with Gasteiger partial charge in [-0.05, 0) is 61.1 Å². The smallest absolute Gasteiger partial charge is 0.147 e. The number of imidazole rings is 1. The molecule has 0 bridgehead atoms. The van der Waals surface area contributed by atoms with Crippen LogP contribution in [0.3, 0.4) is 0 Å². The molecule has 0 aliphatic carbocycles. The Bertz CT molecular complexity index is 1000. The van der Waals surface area contributed by atoms with E-state index < -0.39 is 0 Å². The molecule has 0 aliphatic heterocycles. The van der Waals surface area contributed by atoms with Crippen LogP contribution in [0.2, 0.25) is 0 Å². The highest BCUT2D eigenvalue weighted by molar-refractivity contribution is 14.1. The van der Waals surface area contributed by atoms with Gasteiger partial charge >= 0.3 is 0 Å². The lowest BCUT2D eigenvalue weighted by atomic mass is 10.1. The van der Waals surface area contributed by atoms with Gasteiger partial charge in [-0.25, -0.2) is 4.98 Å². The predicted octanol–water partition coefficient (Wildman–Crippen LogP) is 5.32. The molecule has 3 aromatic heterocycles. The standard InChI is InChI=1S/C19H18IN3/c1-19(2,3)23-17(13-9-5-4-6-10-13)15(20)16-18(23)22-12-8-7-11-14(22)21-16/h4-12H,1-3H3. The second-order valence-electron chi connectivity index (χ2n) is 6.75. The molecule has 0 N–H and O–H groups in total. The zero-order chi connectivity index (χ0) is 16.2. The molecule has 4 rings (SSSR count). The number of rotatable bonds is 1. The van der Waals surface area contributed by atoms with Gasteiger partial charge in [-0.3, -0.25) is 4.40 Å². The van der Waals surface area contributed by atoms with E-state index in [2.05, 4.69) is 101 Å². The van der Waals surface area contributed by atoms with Crippen LogP contribution in [0.4, 0.5) is 0 Å². The molecule has 4 heteroatoms. The Morgan fingerprint density at radius 3 is 2.35 bits per heavy atom. The summed E-state index contributed by atoms with van der Waals surface area (Å²) in [4.78, 5) is 4.87. The Morgan fingerprint density at radius 1 is 0.957 bits per heavy atom. The van der Waals surface area contributed by atoms with Crippen LogP contribution >= 0.6 is 22.6 Å². The average Bonchev–Trinajstić information content (AvgIpc) is 3.03. The number of halogens is 1. The molecule has 0 radical (unpaired) electrons. The highest BCUT2D eigenvalue weighted by Gasteiger charge is 2.27. The zero-order valence-corrected chi connectivity index (χ0v) is 15.6. The number of benzene rings is 1. The quantitative estimate of drug-likeness (QED) is 0.386. The van der Waals surface area contributed by atoms with E-state index in [1.54, 1.807) is 0 Å². The Hall–Kier alpha value is -1.82. The van der Waals surface area contributed by atoms with Gasteiger partial charge < -0.3 is 4.57 Å². The van der Waals surface area contributed by atoms with Crippen LogP contribution in [-0.2, 0) is 5.54 Å². The zero-order valence-electron chi connectivity index (χ0n) is 13.4. The van der Waals surface area contributed by atoms with Crippen molar-refractivity contribution in [3.05, 3.63) is 58.3 Å². The summed E-state index contributed by atoms with van der Waals surface area (Å²) >= 11 is 2.44. The molecule has 1 aromatic carbocycles. The van der Waals surface area contributed by atoms with Gasteiger partial charge in [0.05, 0.1) is 9.26 Å². The van der Waals surface area contributed by atoms with E-state index in [9.17, 15) is 0 Å². The fraction of sp³-hybridized carbons (Fsp3) is 0.211. The van der Waals surface area contributed by atoms with E-state index in [1.807, 2.05) is 6.07 Å². The minimum Gasteiger partial charge on any atom is -0.319 e. The lowest BCUT2D eigenvalue weighted by Crippen LogP contribution is -2.23. The fourth-order valence-corrected chi connectivity index (χ4v) is 4.08. The van der Waals surface area contributed by atoms with Crippen LogP contribution in [0, 0.1) is 3.57 Å². The van der Waals surface area contributed by atoms with Gasteiger partial charge in [0.1, 0.15) is 16.8 Å². The third kappa shape index (κ3) is 2.19. The maximum Gasteiger partial charge on any atom is 0.147 e. The molecular weight excluding hydrogens is 397 g/mol. The summed E-state index contributed by atoms with van der Waals surface area (Å²) in [7, 11) is 0. The molecular formula is C19H18IN3. The molecule has 0 aliphatic rings. The van der Waals surface area contributed by atoms with Crippen LogP contribution < -0.4 is 0 Å². The van der Waals surface area contributed by atoms with Crippen LogP contribution in [0.1, 0.15) is 20.8 Å². The van der Waals surface area contributed by atoms with E-state index >= 15 is 0 Å². The number of aromatic nitrogens is 3. The van der Waals surface area contributed by atoms with E-state index in [1.165, 1.54) is 14.8 Å². The number of nitrogens with zero attached hydrogens (tertiary/aromatic N) is 3. The van der Waals surface area contributed by atoms with E-state index in [4.69, 9.17) is 4.98 Å². The van der Waals surface area contributed by atoms with E-state index in [-0.39, 0.29) is 5.54 Å². The first kappa shape index (κ1) is 14.8. The summed E-state index contributed by atoms with van der Waals surface area (Å²) in [5.41, 5.74) is 5.66. The van der Waals surface area contributed by atoms with Gasteiger partial charge in [0, 0.05) is 11.7 Å². The topological polar surface area (TPSA) is 22.2 Å². The Kier molecular flexibility index (Phi) is 3.27. The molecule has 23 heavy (non-hydrogen) atoms. The lowest BCUT2D eigenvalue weighted by molar-refractivity contribution is 0.412. The van der Waals surface area contributed by atoms with Crippen molar-refractivity contribution in [3.63, 3.8) is 0 Å². The summed E-state index contributed by atoms with van der Waals surface area (Å²) in [5.74, 6) is 0. The molecule has 0 atom stereocenters. The van der Waals surface area contributed by atoms with Gasteiger partial charge in [0.25, 0.3) is 0 Å². The second-order valence-corrected chi connectivity index (χ2v) is 7.83. The van der Waals surface area contributed by atoms with E-state index in [0.29, 0.717) is 0 Å². The Balaban J connectivity index is 2.21. The van der Waals surface area contributed by atoms with Gasteiger partial charge in [-0.2, -0.15) is 0 Å². The molecule has 0 saturated heterocycles. The molecule has 3 heterocycles. The van der Waals surface area contributed by atoms with Crippen molar-refractivity contribution < 1.29 is 0 Å². The normalized spacial score (nSPS) is 12.3. The summed E-state index contributed by atoms with van der Waals surface area (Å²) in [5, 5.41) is 0. The summed E-state index contributed by atoms with van der Waals surface area (Å²) in [6, 6.07) is 16.7. The summed E-state index contributed by atoms with van der Waals surface area (Å²) < 4.78 is 5.82. The second kappa shape index (κ2) is 5.09. The van der Waals surface area contributed by atoms with Crippen LogP contribution in [0.25, 0.3) is 28.1 Å². The number of hydrogen-bond donors (Lipinski definition) is 0. The molecule has 4 aromatic rings. The average molecular weight is 415 g/mol. The van der Waals surface area contributed by atoms with Crippen molar-refractivity contribution in [2.45, 2.75) is 26.3 Å². The number of pyridine rings is 1. The third-order valence-corrected chi connectivity index (χ3v) is 5.10. The van der Waals surface area contributed by atoms with Crippen LogP contribution in [0.15, 0.2) is 54.7 Å². The van der Waals surface area contributed by atoms with Gasteiger partial charge in [-0.15, -0.1) is 0 Å². The van der Waals surface area contributed by atoms with Gasteiger partial charge in [-0.1, -0.05) is 36.4 Å². The highest BCUT2D eigenvalue weighted by atomic mass is 127. The first-order valence-electron chi connectivity index (χ1n) is 7.71. The van der Waals surface area contributed by atoms with Gasteiger partial charge in [0.2, 0.25) is 0 Å². The Labute approximate surface area is 149 Å². The minimum absolute atomic E-state index is 0.0430. The number of fused-ring (bicyclic) bond motifs is 3.